The van der Waals surface area contributed by atoms with Crippen LogP contribution in [0.15, 0.2) is 18.5 Å². The first-order chi connectivity index (χ1) is 9.61. The molecular formula is C14H23N5O. The molecule has 2 rings (SSSR count). The van der Waals surface area contributed by atoms with Gasteiger partial charge in [-0.2, -0.15) is 0 Å². The zero-order valence-corrected chi connectivity index (χ0v) is 12.4. The highest BCUT2D eigenvalue weighted by Gasteiger charge is 2.23. The number of carbonyl (C=O) groups is 1. The number of nitrogens with zero attached hydrogens (tertiary/aromatic N) is 3. The van der Waals surface area contributed by atoms with Crippen LogP contribution in [0.5, 0.6) is 0 Å². The standard InChI is InChI=1S/C14H23N5O/c1-15-13-4-5-16-9-12(13)14(20)17-8-11-10-18(2)6-7-19(11)3/h4-5,9,11H,6-8,10H2,1-3H3,(H,15,16)(H,17,20). The van der Waals surface area contributed by atoms with Crippen molar-refractivity contribution in [2.24, 2.45) is 0 Å². The molecule has 0 saturated carbocycles. The van der Waals surface area contributed by atoms with Crippen molar-refractivity contribution >= 4 is 11.6 Å². The third-order valence-electron chi connectivity index (χ3n) is 3.81. The first kappa shape index (κ1) is 14.7. The number of likely N-dealkylation sites (N-methyl/N-ethyl adjacent to an activating group) is 2. The van der Waals surface area contributed by atoms with Crippen molar-refractivity contribution in [2.45, 2.75) is 6.04 Å². The molecule has 6 nitrogen and oxygen atoms in total. The van der Waals surface area contributed by atoms with Crippen LogP contribution < -0.4 is 10.6 Å². The lowest BCUT2D eigenvalue weighted by Crippen LogP contribution is -2.54. The summed E-state index contributed by atoms with van der Waals surface area (Å²) in [6, 6.07) is 2.16. The highest BCUT2D eigenvalue weighted by atomic mass is 16.1. The number of anilines is 1. The van der Waals surface area contributed by atoms with Gasteiger partial charge in [0.15, 0.2) is 0 Å². The molecule has 0 radical (unpaired) electrons. The van der Waals surface area contributed by atoms with Crippen LogP contribution in [-0.2, 0) is 0 Å². The van der Waals surface area contributed by atoms with Crippen LogP contribution in [-0.4, -0.2) is 74.1 Å². The molecule has 0 bridgehead atoms. The Labute approximate surface area is 120 Å². The van der Waals surface area contributed by atoms with Crippen molar-refractivity contribution in [2.75, 3.05) is 52.6 Å². The van der Waals surface area contributed by atoms with E-state index in [4.69, 9.17) is 0 Å². The second-order valence-corrected chi connectivity index (χ2v) is 5.28. The van der Waals surface area contributed by atoms with Crippen LogP contribution in [0.3, 0.4) is 0 Å². The molecule has 0 spiro atoms. The minimum Gasteiger partial charge on any atom is -0.387 e. The fourth-order valence-electron chi connectivity index (χ4n) is 2.42. The van der Waals surface area contributed by atoms with Crippen LogP contribution in [0.25, 0.3) is 0 Å². The molecule has 6 heteroatoms. The predicted octanol–water partition coefficient (Wildman–Crippen LogP) is 0.0989. The third-order valence-corrected chi connectivity index (χ3v) is 3.81. The molecule has 1 aliphatic rings. The number of aromatic nitrogens is 1. The van der Waals surface area contributed by atoms with Crippen LogP contribution in [0.2, 0.25) is 0 Å². The summed E-state index contributed by atoms with van der Waals surface area (Å²) in [4.78, 5) is 20.8. The lowest BCUT2D eigenvalue weighted by atomic mass is 10.1. The van der Waals surface area contributed by atoms with Gasteiger partial charge in [-0.05, 0) is 20.2 Å². The van der Waals surface area contributed by atoms with Gasteiger partial charge in [0.25, 0.3) is 5.91 Å². The van der Waals surface area contributed by atoms with Gasteiger partial charge in [-0.3, -0.25) is 14.7 Å². The van der Waals surface area contributed by atoms with E-state index in [0.717, 1.165) is 25.3 Å². The number of nitrogens with one attached hydrogen (secondary N) is 2. The molecule has 1 atom stereocenters. The van der Waals surface area contributed by atoms with Crippen molar-refractivity contribution in [1.82, 2.24) is 20.1 Å². The van der Waals surface area contributed by atoms with E-state index in [2.05, 4.69) is 39.5 Å². The van der Waals surface area contributed by atoms with Gasteiger partial charge in [-0.15, -0.1) is 0 Å². The molecule has 1 amide bonds. The number of hydrogen-bond donors (Lipinski definition) is 2. The largest absolute Gasteiger partial charge is 0.387 e. The molecule has 2 N–H and O–H groups in total. The highest BCUT2D eigenvalue weighted by Crippen LogP contribution is 2.12. The molecular weight excluding hydrogens is 254 g/mol. The second kappa shape index (κ2) is 6.67. The Kier molecular flexibility index (Phi) is 4.92. The summed E-state index contributed by atoms with van der Waals surface area (Å²) in [5.41, 5.74) is 1.38. The smallest absolute Gasteiger partial charge is 0.255 e. The lowest BCUT2D eigenvalue weighted by Gasteiger charge is -2.37. The highest BCUT2D eigenvalue weighted by molar-refractivity contribution is 5.99. The molecule has 0 aromatic carbocycles. The van der Waals surface area contributed by atoms with Crippen LogP contribution in [0, 0.1) is 0 Å². The van der Waals surface area contributed by atoms with E-state index in [-0.39, 0.29) is 5.91 Å². The van der Waals surface area contributed by atoms with Gasteiger partial charge < -0.3 is 15.5 Å². The number of rotatable bonds is 4. The van der Waals surface area contributed by atoms with Crippen molar-refractivity contribution in [1.29, 1.82) is 0 Å². The minimum absolute atomic E-state index is 0.0796. The summed E-state index contributed by atoms with van der Waals surface area (Å²) in [6.07, 6.45) is 3.27. The summed E-state index contributed by atoms with van der Waals surface area (Å²) in [6.45, 7) is 3.74. The Hall–Kier alpha value is -1.66. The maximum absolute atomic E-state index is 12.2. The first-order valence-corrected chi connectivity index (χ1v) is 6.90. The SMILES string of the molecule is CNc1ccncc1C(=O)NCC1CN(C)CCN1C. The molecule has 1 aromatic rings. The Bertz CT molecular complexity index is 465. The van der Waals surface area contributed by atoms with E-state index in [0.29, 0.717) is 18.2 Å². The molecule has 1 saturated heterocycles. The zero-order valence-electron chi connectivity index (χ0n) is 12.4. The molecule has 20 heavy (non-hydrogen) atoms. The molecule has 1 aliphatic heterocycles. The van der Waals surface area contributed by atoms with Gasteiger partial charge in [0, 0.05) is 57.3 Å². The maximum atomic E-state index is 12.2. The molecule has 110 valence electrons. The molecule has 1 unspecified atom stereocenters. The quantitative estimate of drug-likeness (QED) is 0.817. The number of pyridine rings is 1. The zero-order chi connectivity index (χ0) is 14.5. The summed E-state index contributed by atoms with van der Waals surface area (Å²) in [5.74, 6) is -0.0796. The van der Waals surface area contributed by atoms with Crippen molar-refractivity contribution in [3.05, 3.63) is 24.0 Å². The molecule has 1 aromatic heterocycles. The summed E-state index contributed by atoms with van der Waals surface area (Å²) >= 11 is 0. The van der Waals surface area contributed by atoms with Gasteiger partial charge in [0.2, 0.25) is 0 Å². The van der Waals surface area contributed by atoms with Gasteiger partial charge in [-0.1, -0.05) is 0 Å². The van der Waals surface area contributed by atoms with Crippen LogP contribution in [0.4, 0.5) is 5.69 Å². The van der Waals surface area contributed by atoms with Gasteiger partial charge in [0.05, 0.1) is 5.56 Å². The fourth-order valence-corrected chi connectivity index (χ4v) is 2.42. The Morgan fingerprint density at radius 1 is 1.45 bits per heavy atom. The minimum atomic E-state index is -0.0796. The lowest BCUT2D eigenvalue weighted by molar-refractivity contribution is 0.0881. The van der Waals surface area contributed by atoms with Crippen molar-refractivity contribution < 1.29 is 4.79 Å². The maximum Gasteiger partial charge on any atom is 0.255 e. The van der Waals surface area contributed by atoms with E-state index in [1.54, 1.807) is 25.5 Å². The van der Waals surface area contributed by atoms with Gasteiger partial charge in [0.1, 0.15) is 0 Å². The van der Waals surface area contributed by atoms with Crippen molar-refractivity contribution in [3.63, 3.8) is 0 Å². The van der Waals surface area contributed by atoms with Crippen molar-refractivity contribution in [3.8, 4) is 0 Å². The van der Waals surface area contributed by atoms with E-state index in [1.807, 2.05) is 0 Å². The Balaban J connectivity index is 1.94. The number of piperazine rings is 1. The van der Waals surface area contributed by atoms with E-state index < -0.39 is 0 Å². The van der Waals surface area contributed by atoms with Crippen LogP contribution >= 0.6 is 0 Å². The monoisotopic (exact) mass is 277 g/mol. The van der Waals surface area contributed by atoms with Gasteiger partial charge in [-0.25, -0.2) is 0 Å². The van der Waals surface area contributed by atoms with Gasteiger partial charge >= 0.3 is 0 Å². The predicted molar refractivity (Wildman–Crippen MR) is 80.0 cm³/mol. The average Bonchev–Trinajstić information content (AvgIpc) is 2.47. The fraction of sp³-hybridized carbons (Fsp3) is 0.571. The summed E-state index contributed by atoms with van der Waals surface area (Å²) < 4.78 is 0. The van der Waals surface area contributed by atoms with E-state index >= 15 is 0 Å². The molecule has 0 aliphatic carbocycles. The second-order valence-electron chi connectivity index (χ2n) is 5.28. The third kappa shape index (κ3) is 3.46. The summed E-state index contributed by atoms with van der Waals surface area (Å²) in [5, 5.41) is 6.02. The topological polar surface area (TPSA) is 60.5 Å². The molecule has 2 heterocycles. The number of amides is 1. The van der Waals surface area contributed by atoms with E-state index in [9.17, 15) is 4.79 Å². The number of hydrogen-bond acceptors (Lipinski definition) is 5. The van der Waals surface area contributed by atoms with Crippen LogP contribution in [0.1, 0.15) is 10.4 Å². The number of carbonyl (C=O) groups excluding carboxylic acids is 1. The molecule has 1 fully saturated rings. The van der Waals surface area contributed by atoms with E-state index in [1.165, 1.54) is 0 Å². The summed E-state index contributed by atoms with van der Waals surface area (Å²) in [7, 11) is 6.02. The average molecular weight is 277 g/mol. The normalized spacial score (nSPS) is 20.6. The Morgan fingerprint density at radius 2 is 2.25 bits per heavy atom. The first-order valence-electron chi connectivity index (χ1n) is 6.90. The Morgan fingerprint density at radius 3 is 3.00 bits per heavy atom.